The van der Waals surface area contributed by atoms with Crippen molar-refractivity contribution in [2.75, 3.05) is 33.4 Å². The summed E-state index contributed by atoms with van der Waals surface area (Å²) in [6.45, 7) is 0.387. The zero-order valence-corrected chi connectivity index (χ0v) is 9.87. The number of ketones is 1. The molecular formula is C10H21NO6. The van der Waals surface area contributed by atoms with E-state index in [2.05, 4.69) is 5.32 Å². The van der Waals surface area contributed by atoms with Gasteiger partial charge < -0.3 is 30.5 Å². The smallest absolute Gasteiger partial charge is 0.193 e. The van der Waals surface area contributed by atoms with Crippen molar-refractivity contribution >= 4 is 5.78 Å². The molecule has 0 heterocycles. The van der Waals surface area contributed by atoms with E-state index in [0.717, 1.165) is 6.42 Å². The molecule has 0 rings (SSSR count). The van der Waals surface area contributed by atoms with Crippen molar-refractivity contribution in [2.45, 2.75) is 24.7 Å². The quantitative estimate of drug-likeness (QED) is 0.267. The Labute approximate surface area is 100 Å². The molecule has 5 N–H and O–H groups in total. The van der Waals surface area contributed by atoms with E-state index >= 15 is 0 Å². The number of hydrogen-bond donors (Lipinski definition) is 5. The first kappa shape index (κ1) is 16.4. The monoisotopic (exact) mass is 251 g/mol. The van der Waals surface area contributed by atoms with Crippen molar-refractivity contribution in [3.05, 3.63) is 0 Å². The summed E-state index contributed by atoms with van der Waals surface area (Å²) in [5, 5.41) is 39.0. The van der Waals surface area contributed by atoms with Gasteiger partial charge in [0.25, 0.3) is 0 Å². The lowest BCUT2D eigenvalue weighted by atomic mass is 10.1. The van der Waals surface area contributed by atoms with Crippen molar-refractivity contribution in [2.24, 2.45) is 0 Å². The number of methoxy groups -OCH3 is 1. The zero-order chi connectivity index (χ0) is 13.3. The third-order valence-corrected chi connectivity index (χ3v) is 2.21. The molecule has 17 heavy (non-hydrogen) atoms. The minimum absolute atomic E-state index is 0.0161. The van der Waals surface area contributed by atoms with Gasteiger partial charge in [-0.15, -0.1) is 0 Å². The fraction of sp³-hybridized carbons (Fsp3) is 0.900. The molecule has 0 unspecified atom stereocenters. The molecule has 0 aliphatic heterocycles. The van der Waals surface area contributed by atoms with Crippen molar-refractivity contribution in [1.82, 2.24) is 5.32 Å². The van der Waals surface area contributed by atoms with Crippen molar-refractivity contribution in [3.8, 4) is 0 Å². The lowest BCUT2D eigenvalue weighted by Crippen LogP contribution is -2.45. The number of ether oxygens (including phenoxy) is 1. The third kappa shape index (κ3) is 6.67. The molecule has 7 nitrogen and oxygen atoms in total. The summed E-state index contributed by atoms with van der Waals surface area (Å²) in [5.41, 5.74) is 0. The van der Waals surface area contributed by atoms with E-state index in [1.165, 1.54) is 0 Å². The molecule has 3 atom stereocenters. The molecule has 0 radical (unpaired) electrons. The van der Waals surface area contributed by atoms with Crippen LogP contribution in [0.25, 0.3) is 0 Å². The highest BCUT2D eigenvalue weighted by molar-refractivity contribution is 5.87. The second kappa shape index (κ2) is 9.46. The molecule has 0 bridgehead atoms. The Morgan fingerprint density at radius 3 is 2.53 bits per heavy atom. The normalized spacial score (nSPS) is 16.5. The molecule has 0 aromatic rings. The molecule has 0 saturated carbocycles. The van der Waals surface area contributed by atoms with E-state index in [1.54, 1.807) is 7.11 Å². The van der Waals surface area contributed by atoms with E-state index in [9.17, 15) is 15.0 Å². The fourth-order valence-electron chi connectivity index (χ4n) is 1.17. The third-order valence-electron chi connectivity index (χ3n) is 2.21. The van der Waals surface area contributed by atoms with Gasteiger partial charge in [0.05, 0.1) is 6.61 Å². The topological polar surface area (TPSA) is 119 Å². The van der Waals surface area contributed by atoms with Gasteiger partial charge in [0.15, 0.2) is 5.78 Å². The van der Waals surface area contributed by atoms with E-state index in [0.29, 0.717) is 13.2 Å². The predicted molar refractivity (Wildman–Crippen MR) is 59.5 cm³/mol. The Hall–Kier alpha value is -0.570. The van der Waals surface area contributed by atoms with E-state index in [4.69, 9.17) is 14.9 Å². The minimum atomic E-state index is -1.77. The van der Waals surface area contributed by atoms with Crippen LogP contribution in [-0.2, 0) is 9.53 Å². The molecule has 102 valence electrons. The van der Waals surface area contributed by atoms with Gasteiger partial charge >= 0.3 is 0 Å². The molecule has 0 aromatic carbocycles. The number of aliphatic hydroxyl groups excluding tert-OH is 4. The fourth-order valence-corrected chi connectivity index (χ4v) is 1.17. The number of Topliss-reactive ketones (excluding diaryl/α,β-unsaturated/α-hetero) is 1. The Kier molecular flexibility index (Phi) is 9.14. The Balaban J connectivity index is 3.81. The van der Waals surface area contributed by atoms with Crippen LogP contribution in [0.1, 0.15) is 6.42 Å². The molecule has 0 aliphatic rings. The number of hydrogen-bond acceptors (Lipinski definition) is 7. The standard InChI is InChI=1S/C10H21NO6/c1-17-4-2-3-11-5-7(13)9(15)10(16)8(14)6-12/h7-8,10-14,16H,2-6H2,1H3/t7-,8+,10-/m1/s1. The lowest BCUT2D eigenvalue weighted by molar-refractivity contribution is -0.142. The highest BCUT2D eigenvalue weighted by atomic mass is 16.5. The summed E-state index contributed by atoms with van der Waals surface area (Å²) in [7, 11) is 1.57. The summed E-state index contributed by atoms with van der Waals surface area (Å²) < 4.78 is 4.81. The van der Waals surface area contributed by atoms with Gasteiger partial charge in [-0.2, -0.15) is 0 Å². The van der Waals surface area contributed by atoms with Gasteiger partial charge in [-0.3, -0.25) is 4.79 Å². The van der Waals surface area contributed by atoms with Crippen LogP contribution in [0.15, 0.2) is 0 Å². The molecule has 7 heteroatoms. The number of rotatable bonds is 10. The van der Waals surface area contributed by atoms with Crippen LogP contribution in [0.2, 0.25) is 0 Å². The Bertz CT molecular complexity index is 213. The van der Waals surface area contributed by atoms with Gasteiger partial charge in [-0.1, -0.05) is 0 Å². The maximum absolute atomic E-state index is 11.3. The summed E-state index contributed by atoms with van der Waals surface area (Å²) in [6.07, 6.45) is -4.01. The molecular weight excluding hydrogens is 230 g/mol. The van der Waals surface area contributed by atoms with Gasteiger partial charge in [0, 0.05) is 20.3 Å². The van der Waals surface area contributed by atoms with E-state index < -0.39 is 30.7 Å². The maximum Gasteiger partial charge on any atom is 0.193 e. The van der Waals surface area contributed by atoms with Crippen LogP contribution in [-0.4, -0.2) is 77.9 Å². The summed E-state index contributed by atoms with van der Waals surface area (Å²) >= 11 is 0. The van der Waals surface area contributed by atoms with Crippen LogP contribution in [0.3, 0.4) is 0 Å². The number of carbonyl (C=O) groups is 1. The van der Waals surface area contributed by atoms with Crippen LogP contribution in [0, 0.1) is 0 Å². The first-order valence-corrected chi connectivity index (χ1v) is 5.43. The Morgan fingerprint density at radius 1 is 1.35 bits per heavy atom. The molecule has 0 spiro atoms. The molecule has 0 aliphatic carbocycles. The molecule has 0 fully saturated rings. The van der Waals surface area contributed by atoms with Crippen molar-refractivity contribution < 1.29 is 30.0 Å². The number of nitrogens with one attached hydrogen (secondary N) is 1. The van der Waals surface area contributed by atoms with Crippen LogP contribution in [0.4, 0.5) is 0 Å². The summed E-state index contributed by atoms with van der Waals surface area (Å²) in [4.78, 5) is 11.3. The van der Waals surface area contributed by atoms with E-state index in [1.807, 2.05) is 0 Å². The molecule has 0 amide bonds. The average molecular weight is 251 g/mol. The Morgan fingerprint density at radius 2 is 2.00 bits per heavy atom. The minimum Gasteiger partial charge on any atom is -0.394 e. The van der Waals surface area contributed by atoms with E-state index in [-0.39, 0.29) is 6.54 Å². The SMILES string of the molecule is COCCCNC[C@@H](O)C(=O)[C@H](O)[C@@H](O)CO. The lowest BCUT2D eigenvalue weighted by Gasteiger charge is -2.18. The number of carbonyl (C=O) groups excluding carboxylic acids is 1. The average Bonchev–Trinajstić information content (AvgIpc) is 2.35. The predicted octanol–water partition coefficient (Wildman–Crippen LogP) is -2.74. The van der Waals surface area contributed by atoms with Crippen LogP contribution in [0.5, 0.6) is 0 Å². The zero-order valence-electron chi connectivity index (χ0n) is 9.87. The summed E-state index contributed by atoms with van der Waals surface area (Å²) in [6, 6.07) is 0. The maximum atomic E-state index is 11.3. The van der Waals surface area contributed by atoms with Crippen molar-refractivity contribution in [3.63, 3.8) is 0 Å². The summed E-state index contributed by atoms with van der Waals surface area (Å²) in [5.74, 6) is -0.911. The van der Waals surface area contributed by atoms with Crippen LogP contribution < -0.4 is 5.32 Å². The highest BCUT2D eigenvalue weighted by Gasteiger charge is 2.28. The highest BCUT2D eigenvalue weighted by Crippen LogP contribution is 1.98. The van der Waals surface area contributed by atoms with Gasteiger partial charge in [0.2, 0.25) is 0 Å². The first-order chi connectivity index (χ1) is 8.04. The van der Waals surface area contributed by atoms with Crippen molar-refractivity contribution in [1.29, 1.82) is 0 Å². The molecule has 0 aromatic heterocycles. The second-order valence-electron chi connectivity index (χ2n) is 3.66. The van der Waals surface area contributed by atoms with Crippen LogP contribution >= 0.6 is 0 Å². The van der Waals surface area contributed by atoms with Gasteiger partial charge in [-0.25, -0.2) is 0 Å². The van der Waals surface area contributed by atoms with Gasteiger partial charge in [0.1, 0.15) is 18.3 Å². The number of aliphatic hydroxyl groups is 4. The second-order valence-corrected chi connectivity index (χ2v) is 3.66. The largest absolute Gasteiger partial charge is 0.394 e. The molecule has 0 saturated heterocycles. The van der Waals surface area contributed by atoms with Gasteiger partial charge in [-0.05, 0) is 13.0 Å². The first-order valence-electron chi connectivity index (χ1n) is 5.43.